The molecule has 1 aromatic carbocycles. The topological polar surface area (TPSA) is 66.9 Å². The third-order valence-electron chi connectivity index (χ3n) is 3.79. The number of hydrogen-bond donors (Lipinski definition) is 2. The van der Waals surface area contributed by atoms with Gasteiger partial charge in [-0.3, -0.25) is 4.79 Å². The summed E-state index contributed by atoms with van der Waals surface area (Å²) in [7, 11) is 0. The number of carbonyl (C=O) groups is 1. The number of para-hydroxylation sites is 1. The van der Waals surface area contributed by atoms with E-state index in [-0.39, 0.29) is 5.91 Å². The van der Waals surface area contributed by atoms with E-state index in [4.69, 9.17) is 0 Å². The molecule has 1 aromatic heterocycles. The lowest BCUT2D eigenvalue weighted by atomic mass is 9.98. The van der Waals surface area contributed by atoms with E-state index in [2.05, 4.69) is 59.6 Å². The van der Waals surface area contributed by atoms with Crippen LogP contribution in [0.1, 0.15) is 60.4 Å². The number of rotatable bonds is 6. The number of hydrogen-bond acceptors (Lipinski definition) is 4. The number of nitrogens with one attached hydrogen (secondary N) is 2. The van der Waals surface area contributed by atoms with Gasteiger partial charge in [0.1, 0.15) is 5.69 Å². The zero-order valence-corrected chi connectivity index (χ0v) is 15.1. The first-order valence-corrected chi connectivity index (χ1v) is 8.42. The summed E-state index contributed by atoms with van der Waals surface area (Å²) >= 11 is 0. The third-order valence-corrected chi connectivity index (χ3v) is 3.79. The maximum atomic E-state index is 12.2. The number of amides is 1. The van der Waals surface area contributed by atoms with Crippen molar-refractivity contribution < 1.29 is 4.79 Å². The van der Waals surface area contributed by atoms with Gasteiger partial charge in [-0.05, 0) is 43.4 Å². The van der Waals surface area contributed by atoms with E-state index in [0.29, 0.717) is 24.1 Å². The van der Waals surface area contributed by atoms with Crippen molar-refractivity contribution in [2.24, 2.45) is 0 Å². The Morgan fingerprint density at radius 2 is 1.96 bits per heavy atom. The van der Waals surface area contributed by atoms with E-state index in [0.717, 1.165) is 23.4 Å². The monoisotopic (exact) mass is 326 g/mol. The van der Waals surface area contributed by atoms with Gasteiger partial charge in [0.05, 0.1) is 0 Å². The van der Waals surface area contributed by atoms with Crippen molar-refractivity contribution >= 4 is 17.5 Å². The molecule has 5 nitrogen and oxygen atoms in total. The standard InChI is InChI=1S/C19H26N4O/c1-6-10-20-18(24)16-11-14(5)21-19(22-16)23-17-13(4)8-7-9-15(17)12(2)3/h7-9,11-12H,6,10H2,1-5H3,(H,20,24)(H,21,22,23). The Labute approximate surface area is 143 Å². The Hall–Kier alpha value is -2.43. The first kappa shape index (κ1) is 17.9. The minimum atomic E-state index is -0.167. The van der Waals surface area contributed by atoms with Crippen molar-refractivity contribution in [3.8, 4) is 0 Å². The molecular weight excluding hydrogens is 300 g/mol. The van der Waals surface area contributed by atoms with Crippen molar-refractivity contribution in [2.75, 3.05) is 11.9 Å². The molecule has 2 N–H and O–H groups in total. The molecule has 1 heterocycles. The molecule has 0 fully saturated rings. The molecular formula is C19H26N4O. The van der Waals surface area contributed by atoms with Crippen LogP contribution in [-0.4, -0.2) is 22.4 Å². The Balaban J connectivity index is 2.34. The molecule has 5 heteroatoms. The number of anilines is 2. The first-order valence-electron chi connectivity index (χ1n) is 8.42. The van der Waals surface area contributed by atoms with E-state index < -0.39 is 0 Å². The molecule has 0 saturated heterocycles. The van der Waals surface area contributed by atoms with Gasteiger partial charge in [-0.2, -0.15) is 0 Å². The van der Waals surface area contributed by atoms with Gasteiger partial charge in [0, 0.05) is 17.9 Å². The number of aryl methyl sites for hydroxylation is 2. The van der Waals surface area contributed by atoms with Gasteiger partial charge < -0.3 is 10.6 Å². The second-order valence-electron chi connectivity index (χ2n) is 6.29. The fraction of sp³-hybridized carbons (Fsp3) is 0.421. The molecule has 0 aliphatic rings. The zero-order chi connectivity index (χ0) is 17.7. The predicted molar refractivity (Wildman–Crippen MR) is 97.9 cm³/mol. The molecule has 128 valence electrons. The van der Waals surface area contributed by atoms with Gasteiger partial charge in [-0.25, -0.2) is 9.97 Å². The lowest BCUT2D eigenvalue weighted by Crippen LogP contribution is -2.25. The van der Waals surface area contributed by atoms with Crippen molar-refractivity contribution in [3.05, 3.63) is 46.8 Å². The summed E-state index contributed by atoms with van der Waals surface area (Å²) in [5.74, 6) is 0.664. The van der Waals surface area contributed by atoms with Gasteiger partial charge >= 0.3 is 0 Å². The number of aromatic nitrogens is 2. The van der Waals surface area contributed by atoms with Crippen LogP contribution < -0.4 is 10.6 Å². The fourth-order valence-corrected chi connectivity index (χ4v) is 2.52. The summed E-state index contributed by atoms with van der Waals surface area (Å²) in [5, 5.41) is 6.16. The average Bonchev–Trinajstić information content (AvgIpc) is 2.53. The van der Waals surface area contributed by atoms with Gasteiger partial charge in [-0.1, -0.05) is 39.0 Å². The summed E-state index contributed by atoms with van der Waals surface area (Å²) in [4.78, 5) is 21.0. The van der Waals surface area contributed by atoms with Crippen molar-refractivity contribution in [1.29, 1.82) is 0 Å². The van der Waals surface area contributed by atoms with Crippen molar-refractivity contribution in [2.45, 2.75) is 47.0 Å². The summed E-state index contributed by atoms with van der Waals surface area (Å²) < 4.78 is 0. The second-order valence-corrected chi connectivity index (χ2v) is 6.29. The Kier molecular flexibility index (Phi) is 5.90. The maximum absolute atomic E-state index is 12.2. The summed E-state index contributed by atoms with van der Waals surface area (Å²) in [6.45, 7) is 10.9. The summed E-state index contributed by atoms with van der Waals surface area (Å²) in [6.07, 6.45) is 0.891. The maximum Gasteiger partial charge on any atom is 0.270 e. The van der Waals surface area contributed by atoms with Gasteiger partial charge in [0.2, 0.25) is 5.95 Å². The van der Waals surface area contributed by atoms with Crippen LogP contribution in [0, 0.1) is 13.8 Å². The van der Waals surface area contributed by atoms with Gasteiger partial charge in [0.15, 0.2) is 0 Å². The normalized spacial score (nSPS) is 10.8. The summed E-state index contributed by atoms with van der Waals surface area (Å²) in [6, 6.07) is 7.91. The summed E-state index contributed by atoms with van der Waals surface area (Å²) in [5.41, 5.74) is 4.49. The van der Waals surface area contributed by atoms with E-state index in [9.17, 15) is 4.79 Å². The Bertz CT molecular complexity index is 725. The van der Waals surface area contributed by atoms with Crippen LogP contribution in [0.25, 0.3) is 0 Å². The quantitative estimate of drug-likeness (QED) is 0.838. The average molecular weight is 326 g/mol. The van der Waals surface area contributed by atoms with E-state index in [1.807, 2.05) is 13.8 Å². The predicted octanol–water partition coefficient (Wildman–Crippen LogP) is 4.10. The highest BCUT2D eigenvalue weighted by atomic mass is 16.1. The van der Waals surface area contributed by atoms with Crippen LogP contribution in [0.3, 0.4) is 0 Å². The minimum absolute atomic E-state index is 0.167. The number of carbonyl (C=O) groups excluding carboxylic acids is 1. The zero-order valence-electron chi connectivity index (χ0n) is 15.1. The number of nitrogens with zero attached hydrogens (tertiary/aromatic N) is 2. The van der Waals surface area contributed by atoms with Gasteiger partial charge in [-0.15, -0.1) is 0 Å². The minimum Gasteiger partial charge on any atom is -0.351 e. The molecule has 0 unspecified atom stereocenters. The van der Waals surface area contributed by atoms with E-state index in [1.165, 1.54) is 5.56 Å². The van der Waals surface area contributed by atoms with Crippen LogP contribution in [0.4, 0.5) is 11.6 Å². The highest BCUT2D eigenvalue weighted by Crippen LogP contribution is 2.29. The molecule has 0 radical (unpaired) electrons. The van der Waals surface area contributed by atoms with Crippen molar-refractivity contribution in [1.82, 2.24) is 15.3 Å². The highest BCUT2D eigenvalue weighted by Gasteiger charge is 2.13. The van der Waals surface area contributed by atoms with Crippen molar-refractivity contribution in [3.63, 3.8) is 0 Å². The van der Waals surface area contributed by atoms with E-state index in [1.54, 1.807) is 6.07 Å². The van der Waals surface area contributed by atoms with Crippen LogP contribution in [0.2, 0.25) is 0 Å². The number of benzene rings is 1. The van der Waals surface area contributed by atoms with Crippen LogP contribution >= 0.6 is 0 Å². The molecule has 0 bridgehead atoms. The van der Waals surface area contributed by atoms with E-state index >= 15 is 0 Å². The van der Waals surface area contributed by atoms with Gasteiger partial charge in [0.25, 0.3) is 5.91 Å². The lowest BCUT2D eigenvalue weighted by molar-refractivity contribution is 0.0948. The van der Waals surface area contributed by atoms with Crippen LogP contribution in [0.15, 0.2) is 24.3 Å². The molecule has 0 saturated carbocycles. The lowest BCUT2D eigenvalue weighted by Gasteiger charge is -2.17. The molecule has 2 rings (SSSR count). The molecule has 0 atom stereocenters. The third kappa shape index (κ3) is 4.31. The highest BCUT2D eigenvalue weighted by molar-refractivity contribution is 5.92. The second kappa shape index (κ2) is 7.90. The molecule has 0 aliphatic carbocycles. The molecule has 0 spiro atoms. The fourth-order valence-electron chi connectivity index (χ4n) is 2.52. The van der Waals surface area contributed by atoms with Crippen LogP contribution in [-0.2, 0) is 0 Å². The van der Waals surface area contributed by atoms with Crippen LogP contribution in [0.5, 0.6) is 0 Å². The molecule has 24 heavy (non-hydrogen) atoms. The molecule has 2 aromatic rings. The molecule has 0 aliphatic heterocycles. The Morgan fingerprint density at radius 3 is 2.62 bits per heavy atom. The smallest absolute Gasteiger partial charge is 0.270 e. The first-order chi connectivity index (χ1) is 11.4. The largest absolute Gasteiger partial charge is 0.351 e. The SMILES string of the molecule is CCCNC(=O)c1cc(C)nc(Nc2c(C)cccc2C(C)C)n1. The Morgan fingerprint density at radius 1 is 1.21 bits per heavy atom. The molecule has 1 amide bonds.